The molecule has 6 heteroatoms. The maximum Gasteiger partial charge on any atom is 0.238 e. The average Bonchev–Trinajstić information content (AvgIpc) is 2.68. The van der Waals surface area contributed by atoms with Crippen LogP contribution in [0.15, 0.2) is 53.4 Å². The summed E-state index contributed by atoms with van der Waals surface area (Å²) in [5.41, 5.74) is 0.835. The molecular weight excluding hydrogens is 354 g/mol. The zero-order chi connectivity index (χ0) is 18.4. The predicted molar refractivity (Wildman–Crippen MR) is 100 cm³/mol. The summed E-state index contributed by atoms with van der Waals surface area (Å²) in [7, 11) is 0. The summed E-state index contributed by atoms with van der Waals surface area (Å²) < 4.78 is 26.7. The van der Waals surface area contributed by atoms with Gasteiger partial charge in [0.2, 0.25) is 5.91 Å². The average molecular weight is 376 g/mol. The lowest BCUT2D eigenvalue weighted by molar-refractivity contribution is -0.120. The van der Waals surface area contributed by atoms with Gasteiger partial charge in [-0.2, -0.15) is 0 Å². The van der Waals surface area contributed by atoms with Crippen LogP contribution in [-0.2, 0) is 4.79 Å². The van der Waals surface area contributed by atoms with E-state index >= 15 is 0 Å². The van der Waals surface area contributed by atoms with E-state index in [2.05, 4.69) is 10.6 Å². The van der Waals surface area contributed by atoms with Crippen LogP contribution in [0.4, 0.5) is 8.78 Å². The van der Waals surface area contributed by atoms with Crippen molar-refractivity contribution in [3.63, 3.8) is 0 Å². The third kappa shape index (κ3) is 5.05. The molecule has 1 aliphatic heterocycles. The second kappa shape index (κ2) is 9.14. The first-order valence-corrected chi connectivity index (χ1v) is 9.66. The molecule has 1 heterocycles. The molecule has 0 aromatic heterocycles. The molecule has 3 rings (SSSR count). The number of benzene rings is 2. The summed E-state index contributed by atoms with van der Waals surface area (Å²) >= 11 is 1.23. The van der Waals surface area contributed by atoms with Gasteiger partial charge in [0.05, 0.1) is 0 Å². The van der Waals surface area contributed by atoms with Gasteiger partial charge in [0.15, 0.2) is 11.6 Å². The van der Waals surface area contributed by atoms with E-state index < -0.39 is 16.9 Å². The molecule has 2 atom stereocenters. The van der Waals surface area contributed by atoms with Crippen molar-refractivity contribution in [1.29, 1.82) is 0 Å². The van der Waals surface area contributed by atoms with E-state index in [1.165, 1.54) is 17.8 Å². The Morgan fingerprint density at radius 1 is 1.19 bits per heavy atom. The van der Waals surface area contributed by atoms with Crippen LogP contribution in [0, 0.1) is 17.6 Å². The molecule has 2 aromatic rings. The van der Waals surface area contributed by atoms with Crippen molar-refractivity contribution in [2.75, 3.05) is 19.6 Å². The van der Waals surface area contributed by atoms with Gasteiger partial charge in [0, 0.05) is 11.4 Å². The summed E-state index contributed by atoms with van der Waals surface area (Å²) in [6, 6.07) is 13.1. The van der Waals surface area contributed by atoms with Crippen molar-refractivity contribution >= 4 is 17.7 Å². The van der Waals surface area contributed by atoms with Crippen LogP contribution in [0.1, 0.15) is 23.7 Å². The number of carbonyl (C=O) groups is 1. The monoisotopic (exact) mass is 376 g/mol. The normalized spacial score (nSPS) is 18.3. The SMILES string of the molecule is O=C(NCC1CCCNC1)C(Sc1ccc(F)c(F)c1)c1ccccc1. The molecule has 1 fully saturated rings. The van der Waals surface area contributed by atoms with E-state index in [0.717, 1.165) is 43.6 Å². The Kier molecular flexibility index (Phi) is 6.63. The highest BCUT2D eigenvalue weighted by molar-refractivity contribution is 8.00. The van der Waals surface area contributed by atoms with Gasteiger partial charge in [-0.25, -0.2) is 8.78 Å². The van der Waals surface area contributed by atoms with E-state index in [1.54, 1.807) is 0 Å². The lowest BCUT2D eigenvalue weighted by Gasteiger charge is -2.24. The molecule has 1 saturated heterocycles. The highest BCUT2D eigenvalue weighted by Gasteiger charge is 2.23. The number of rotatable bonds is 6. The first kappa shape index (κ1) is 18.9. The molecule has 2 N–H and O–H groups in total. The molecule has 26 heavy (non-hydrogen) atoms. The third-order valence-corrected chi connectivity index (χ3v) is 5.70. The van der Waals surface area contributed by atoms with Gasteiger partial charge in [-0.05, 0) is 55.6 Å². The van der Waals surface area contributed by atoms with E-state index in [1.807, 2.05) is 30.3 Å². The van der Waals surface area contributed by atoms with Gasteiger partial charge in [-0.15, -0.1) is 11.8 Å². The fraction of sp³-hybridized carbons (Fsp3) is 0.350. The van der Waals surface area contributed by atoms with Crippen molar-refractivity contribution in [2.45, 2.75) is 23.0 Å². The number of nitrogens with one attached hydrogen (secondary N) is 2. The minimum atomic E-state index is -0.907. The maximum absolute atomic E-state index is 13.5. The van der Waals surface area contributed by atoms with Crippen LogP contribution >= 0.6 is 11.8 Å². The molecule has 138 valence electrons. The lowest BCUT2D eigenvalue weighted by Crippen LogP contribution is -2.39. The smallest absolute Gasteiger partial charge is 0.238 e. The molecule has 0 radical (unpaired) electrons. The third-order valence-electron chi connectivity index (χ3n) is 4.45. The Hall–Kier alpha value is -1.92. The van der Waals surface area contributed by atoms with Crippen LogP contribution in [0.5, 0.6) is 0 Å². The molecule has 3 nitrogen and oxygen atoms in total. The topological polar surface area (TPSA) is 41.1 Å². The number of thioether (sulfide) groups is 1. The summed E-state index contributed by atoms with van der Waals surface area (Å²) in [5.74, 6) is -1.48. The minimum Gasteiger partial charge on any atom is -0.355 e. The maximum atomic E-state index is 13.5. The van der Waals surface area contributed by atoms with Gasteiger partial charge in [-0.1, -0.05) is 30.3 Å². The Balaban J connectivity index is 1.72. The minimum absolute atomic E-state index is 0.114. The van der Waals surface area contributed by atoms with Crippen molar-refractivity contribution in [3.05, 3.63) is 65.7 Å². The van der Waals surface area contributed by atoms with Gasteiger partial charge >= 0.3 is 0 Å². The standard InChI is InChI=1S/C20H22F2N2OS/c21-17-9-8-16(11-18(17)22)26-19(15-6-2-1-3-7-15)20(25)24-13-14-5-4-10-23-12-14/h1-3,6-9,11,14,19,23H,4-5,10,12-13H2,(H,24,25). The Morgan fingerprint density at radius 3 is 2.69 bits per heavy atom. The Bertz CT molecular complexity index is 736. The Labute approximate surface area is 156 Å². The van der Waals surface area contributed by atoms with Crippen molar-refractivity contribution < 1.29 is 13.6 Å². The summed E-state index contributed by atoms with van der Waals surface area (Å²) in [6.07, 6.45) is 2.21. The van der Waals surface area contributed by atoms with Crippen molar-refractivity contribution in [1.82, 2.24) is 10.6 Å². The zero-order valence-corrected chi connectivity index (χ0v) is 15.2. The summed E-state index contributed by atoms with van der Waals surface area (Å²) in [4.78, 5) is 13.3. The fourth-order valence-corrected chi connectivity index (χ4v) is 4.10. The number of hydrogen-bond acceptors (Lipinski definition) is 3. The second-order valence-electron chi connectivity index (χ2n) is 6.44. The van der Waals surface area contributed by atoms with Crippen LogP contribution in [0.2, 0.25) is 0 Å². The van der Waals surface area contributed by atoms with Gasteiger partial charge in [-0.3, -0.25) is 4.79 Å². The van der Waals surface area contributed by atoms with Crippen LogP contribution in [-0.4, -0.2) is 25.5 Å². The molecule has 0 spiro atoms. The molecule has 2 unspecified atom stereocenters. The van der Waals surface area contributed by atoms with Gasteiger partial charge in [0.1, 0.15) is 5.25 Å². The quantitative estimate of drug-likeness (QED) is 0.751. The largest absolute Gasteiger partial charge is 0.355 e. The van der Waals surface area contributed by atoms with E-state index in [-0.39, 0.29) is 5.91 Å². The molecular formula is C20H22F2N2OS. The summed E-state index contributed by atoms with van der Waals surface area (Å²) in [6.45, 7) is 2.56. The highest BCUT2D eigenvalue weighted by Crippen LogP contribution is 2.36. The molecule has 0 bridgehead atoms. The first-order chi connectivity index (χ1) is 12.6. The van der Waals surface area contributed by atoms with Crippen LogP contribution in [0.25, 0.3) is 0 Å². The van der Waals surface area contributed by atoms with Crippen LogP contribution < -0.4 is 10.6 Å². The number of piperidine rings is 1. The van der Waals surface area contributed by atoms with Crippen molar-refractivity contribution in [2.24, 2.45) is 5.92 Å². The molecule has 0 saturated carbocycles. The molecule has 0 aliphatic carbocycles. The van der Waals surface area contributed by atoms with Crippen LogP contribution in [0.3, 0.4) is 0 Å². The van der Waals surface area contributed by atoms with Crippen molar-refractivity contribution in [3.8, 4) is 0 Å². The molecule has 1 aliphatic rings. The molecule has 1 amide bonds. The second-order valence-corrected chi connectivity index (χ2v) is 7.62. The number of carbonyl (C=O) groups excluding carboxylic acids is 1. The van der Waals surface area contributed by atoms with Gasteiger partial charge < -0.3 is 10.6 Å². The van der Waals surface area contributed by atoms with Gasteiger partial charge in [0.25, 0.3) is 0 Å². The fourth-order valence-electron chi connectivity index (χ4n) is 3.02. The lowest BCUT2D eigenvalue weighted by atomic mass is 9.99. The number of amides is 1. The Morgan fingerprint density at radius 2 is 2.00 bits per heavy atom. The highest BCUT2D eigenvalue weighted by atomic mass is 32.2. The number of halogens is 2. The van der Waals surface area contributed by atoms with E-state index in [4.69, 9.17) is 0 Å². The van der Waals surface area contributed by atoms with E-state index in [9.17, 15) is 13.6 Å². The first-order valence-electron chi connectivity index (χ1n) is 8.78. The zero-order valence-electron chi connectivity index (χ0n) is 14.4. The van der Waals surface area contributed by atoms with E-state index in [0.29, 0.717) is 17.4 Å². The summed E-state index contributed by atoms with van der Waals surface area (Å²) in [5, 5.41) is 5.85. The number of hydrogen-bond donors (Lipinski definition) is 2. The predicted octanol–water partition coefficient (Wildman–Crippen LogP) is 3.91. The molecule has 2 aromatic carbocycles.